The van der Waals surface area contributed by atoms with Crippen molar-refractivity contribution in [1.29, 1.82) is 0 Å². The first kappa shape index (κ1) is 32.4. The van der Waals surface area contributed by atoms with Crippen LogP contribution in [-0.2, 0) is 32.6 Å². The molecule has 4 aromatic rings. The molecule has 0 aliphatic carbocycles. The van der Waals surface area contributed by atoms with E-state index in [0.717, 1.165) is 9.87 Å². The highest BCUT2D eigenvalue weighted by atomic mass is 35.5. The fraction of sp³-hybridized carbons (Fsp3) is 0.188. The van der Waals surface area contributed by atoms with E-state index in [4.69, 9.17) is 34.8 Å². The molecule has 0 unspecified atom stereocenters. The topological polar surface area (TPSA) is 86.8 Å². The van der Waals surface area contributed by atoms with E-state index in [9.17, 15) is 18.0 Å². The number of hydrogen-bond acceptors (Lipinski definition) is 4. The number of nitrogens with zero attached hydrogens (tertiary/aromatic N) is 2. The minimum absolute atomic E-state index is 0.0124. The van der Waals surface area contributed by atoms with Crippen LogP contribution in [0.2, 0.25) is 15.1 Å². The van der Waals surface area contributed by atoms with Crippen molar-refractivity contribution in [1.82, 2.24) is 10.2 Å². The van der Waals surface area contributed by atoms with Gasteiger partial charge < -0.3 is 10.2 Å². The molecule has 7 nitrogen and oxygen atoms in total. The van der Waals surface area contributed by atoms with E-state index in [-0.39, 0.29) is 29.5 Å². The van der Waals surface area contributed by atoms with Crippen LogP contribution in [0.1, 0.15) is 18.1 Å². The van der Waals surface area contributed by atoms with Crippen LogP contribution < -0.4 is 9.62 Å². The predicted molar refractivity (Wildman–Crippen MR) is 172 cm³/mol. The minimum Gasteiger partial charge on any atom is -0.355 e. The Morgan fingerprint density at radius 3 is 2.02 bits per heavy atom. The Labute approximate surface area is 267 Å². The summed E-state index contributed by atoms with van der Waals surface area (Å²) < 4.78 is 28.9. The molecule has 0 bridgehead atoms. The van der Waals surface area contributed by atoms with Gasteiger partial charge in [-0.3, -0.25) is 13.9 Å². The molecule has 0 aliphatic rings. The van der Waals surface area contributed by atoms with Crippen LogP contribution in [0.25, 0.3) is 0 Å². The lowest BCUT2D eigenvalue weighted by atomic mass is 10.0. The van der Waals surface area contributed by atoms with Crippen molar-refractivity contribution >= 4 is 62.3 Å². The second-order valence-corrected chi connectivity index (χ2v) is 12.8. The first-order valence-electron chi connectivity index (χ1n) is 13.5. The number of sulfonamides is 1. The van der Waals surface area contributed by atoms with E-state index in [1.165, 1.54) is 29.2 Å². The zero-order chi connectivity index (χ0) is 31.0. The van der Waals surface area contributed by atoms with Crippen molar-refractivity contribution in [2.75, 3.05) is 17.4 Å². The van der Waals surface area contributed by atoms with E-state index < -0.39 is 28.5 Å². The van der Waals surface area contributed by atoms with E-state index >= 15 is 0 Å². The Morgan fingerprint density at radius 2 is 1.42 bits per heavy atom. The van der Waals surface area contributed by atoms with Gasteiger partial charge in [-0.1, -0.05) is 89.4 Å². The van der Waals surface area contributed by atoms with E-state index in [1.54, 1.807) is 55.5 Å². The third kappa shape index (κ3) is 8.30. The van der Waals surface area contributed by atoms with Crippen molar-refractivity contribution < 1.29 is 18.0 Å². The quantitative estimate of drug-likeness (QED) is 0.185. The van der Waals surface area contributed by atoms with Gasteiger partial charge in [-0.05, 0) is 66.6 Å². The Kier molecular flexibility index (Phi) is 11.1. The highest BCUT2D eigenvalue weighted by molar-refractivity contribution is 7.92. The molecule has 0 spiro atoms. The molecule has 0 aromatic heterocycles. The second kappa shape index (κ2) is 14.8. The molecule has 0 fully saturated rings. The van der Waals surface area contributed by atoms with Crippen LogP contribution in [0.3, 0.4) is 0 Å². The molecular formula is C32H30Cl3N3O4S. The number of amides is 2. The fourth-order valence-electron chi connectivity index (χ4n) is 4.54. The molecule has 0 aliphatic heterocycles. The van der Waals surface area contributed by atoms with Gasteiger partial charge in [0.25, 0.3) is 10.0 Å². The van der Waals surface area contributed by atoms with Crippen LogP contribution in [-0.4, -0.2) is 44.3 Å². The van der Waals surface area contributed by atoms with Crippen LogP contribution in [0.5, 0.6) is 0 Å². The van der Waals surface area contributed by atoms with Crippen LogP contribution in [0.4, 0.5) is 5.69 Å². The lowest BCUT2D eigenvalue weighted by molar-refractivity contribution is -0.140. The number of carbonyl (C=O) groups is 2. The SMILES string of the molecule is CCNC(=O)[C@@H](Cc1ccccc1)N(Cc1ccc(Cl)c(Cl)c1)C(=O)CN(c1ccc(Cl)cc1)S(=O)(=O)c1ccccc1. The average Bonchev–Trinajstić information content (AvgIpc) is 3.01. The van der Waals surface area contributed by atoms with Gasteiger partial charge in [0.15, 0.2) is 0 Å². The first-order chi connectivity index (χ1) is 20.6. The molecule has 0 saturated carbocycles. The second-order valence-electron chi connectivity index (χ2n) is 9.67. The first-order valence-corrected chi connectivity index (χ1v) is 16.1. The molecule has 0 radical (unpaired) electrons. The van der Waals surface area contributed by atoms with Gasteiger partial charge in [0.2, 0.25) is 11.8 Å². The summed E-state index contributed by atoms with van der Waals surface area (Å²) in [5, 5.41) is 3.87. The maximum atomic E-state index is 14.3. The van der Waals surface area contributed by atoms with E-state index in [1.807, 2.05) is 30.3 Å². The molecule has 11 heteroatoms. The fourth-order valence-corrected chi connectivity index (χ4v) is 6.42. The number of anilines is 1. The molecular weight excluding hydrogens is 629 g/mol. The summed E-state index contributed by atoms with van der Waals surface area (Å²) in [6, 6.07) is 27.3. The lowest BCUT2D eigenvalue weighted by Crippen LogP contribution is -2.53. The summed E-state index contributed by atoms with van der Waals surface area (Å²) >= 11 is 18.5. The molecule has 0 saturated heterocycles. The maximum Gasteiger partial charge on any atom is 0.264 e. The molecule has 224 valence electrons. The molecule has 0 heterocycles. The maximum absolute atomic E-state index is 14.3. The van der Waals surface area contributed by atoms with Gasteiger partial charge in [0, 0.05) is 24.5 Å². The number of hydrogen-bond donors (Lipinski definition) is 1. The van der Waals surface area contributed by atoms with Crippen LogP contribution in [0, 0.1) is 0 Å². The monoisotopic (exact) mass is 657 g/mol. The highest BCUT2D eigenvalue weighted by Gasteiger charge is 2.34. The Hall–Kier alpha value is -3.56. The average molecular weight is 659 g/mol. The molecule has 1 N–H and O–H groups in total. The number of carbonyl (C=O) groups excluding carboxylic acids is 2. The van der Waals surface area contributed by atoms with Crippen molar-refractivity contribution in [2.24, 2.45) is 0 Å². The van der Waals surface area contributed by atoms with Gasteiger partial charge in [-0.15, -0.1) is 0 Å². The number of nitrogens with one attached hydrogen (secondary N) is 1. The number of likely N-dealkylation sites (N-methyl/N-ethyl adjacent to an activating group) is 1. The molecule has 4 rings (SSSR count). The summed E-state index contributed by atoms with van der Waals surface area (Å²) in [6.45, 7) is 1.53. The Bertz CT molecular complexity index is 1650. The summed E-state index contributed by atoms with van der Waals surface area (Å²) in [6.07, 6.45) is 0.201. The molecule has 1 atom stereocenters. The minimum atomic E-state index is -4.19. The highest BCUT2D eigenvalue weighted by Crippen LogP contribution is 2.27. The van der Waals surface area contributed by atoms with Crippen LogP contribution >= 0.6 is 34.8 Å². The predicted octanol–water partition coefficient (Wildman–Crippen LogP) is 6.62. The van der Waals surface area contributed by atoms with E-state index in [2.05, 4.69) is 5.32 Å². The largest absolute Gasteiger partial charge is 0.355 e. The van der Waals surface area contributed by atoms with Crippen molar-refractivity contribution in [3.05, 3.63) is 129 Å². The normalized spacial score (nSPS) is 11.9. The van der Waals surface area contributed by atoms with Crippen LogP contribution in [0.15, 0.2) is 108 Å². The Balaban J connectivity index is 1.80. The molecule has 43 heavy (non-hydrogen) atoms. The van der Waals surface area contributed by atoms with Gasteiger partial charge >= 0.3 is 0 Å². The van der Waals surface area contributed by atoms with Crippen molar-refractivity contribution in [2.45, 2.75) is 30.8 Å². The third-order valence-electron chi connectivity index (χ3n) is 6.68. The number of benzene rings is 4. The smallest absolute Gasteiger partial charge is 0.264 e. The number of halogens is 3. The zero-order valence-electron chi connectivity index (χ0n) is 23.3. The molecule has 4 aromatic carbocycles. The van der Waals surface area contributed by atoms with Gasteiger partial charge in [-0.25, -0.2) is 8.42 Å². The summed E-state index contributed by atoms with van der Waals surface area (Å²) in [4.78, 5) is 29.2. The summed E-state index contributed by atoms with van der Waals surface area (Å²) in [5.41, 5.74) is 1.69. The summed E-state index contributed by atoms with van der Waals surface area (Å²) in [7, 11) is -4.19. The lowest BCUT2D eigenvalue weighted by Gasteiger charge is -2.34. The van der Waals surface area contributed by atoms with Gasteiger partial charge in [-0.2, -0.15) is 0 Å². The Morgan fingerprint density at radius 1 is 0.791 bits per heavy atom. The molecule has 2 amide bonds. The zero-order valence-corrected chi connectivity index (χ0v) is 26.4. The standard InChI is InChI=1S/C32H30Cl3N3O4S/c1-2-36-32(40)30(20-23-9-5-3-6-10-23)37(21-24-13-18-28(34)29(35)19-24)31(39)22-38(26-16-14-25(33)15-17-26)43(41,42)27-11-7-4-8-12-27/h3-19,30H,2,20-22H2,1H3,(H,36,40)/t30-/m1/s1. The third-order valence-corrected chi connectivity index (χ3v) is 9.46. The van der Waals surface area contributed by atoms with Crippen molar-refractivity contribution in [3.63, 3.8) is 0 Å². The number of rotatable bonds is 12. The van der Waals surface area contributed by atoms with Gasteiger partial charge in [0.05, 0.1) is 20.6 Å². The van der Waals surface area contributed by atoms with E-state index in [0.29, 0.717) is 27.2 Å². The van der Waals surface area contributed by atoms with Crippen molar-refractivity contribution in [3.8, 4) is 0 Å². The van der Waals surface area contributed by atoms with Gasteiger partial charge in [0.1, 0.15) is 12.6 Å². The summed E-state index contributed by atoms with van der Waals surface area (Å²) in [5.74, 6) is -0.962.